The molecule has 2 rings (SSSR count). The number of amides is 1. The van der Waals surface area contributed by atoms with Gasteiger partial charge >= 0.3 is 5.97 Å². The lowest BCUT2D eigenvalue weighted by Gasteiger charge is -2.31. The van der Waals surface area contributed by atoms with E-state index in [0.717, 1.165) is 0 Å². The fraction of sp³-hybridized carbons (Fsp3) is 0.333. The van der Waals surface area contributed by atoms with E-state index in [1.54, 1.807) is 12.1 Å². The smallest absolute Gasteiger partial charge is 0.328 e. The Bertz CT molecular complexity index is 742. The fourth-order valence-electron chi connectivity index (χ4n) is 2.21. The second-order valence-electron chi connectivity index (χ2n) is 5.07. The van der Waals surface area contributed by atoms with Crippen LogP contribution in [0.5, 0.6) is 0 Å². The number of carbonyl (C=O) groups is 2. The Balaban J connectivity index is 2.09. The molecule has 1 aromatic carbocycles. The lowest BCUT2D eigenvalue weighted by atomic mass is 10.2. The summed E-state index contributed by atoms with van der Waals surface area (Å²) >= 11 is 0. The van der Waals surface area contributed by atoms with Crippen LogP contribution < -0.4 is 4.72 Å². The first-order valence-electron chi connectivity index (χ1n) is 7.18. The Hall–Kier alpha value is -2.23. The van der Waals surface area contributed by atoms with Gasteiger partial charge in [-0.15, -0.1) is 0 Å². The van der Waals surface area contributed by atoms with Crippen molar-refractivity contribution in [2.75, 3.05) is 26.8 Å². The van der Waals surface area contributed by atoms with Gasteiger partial charge < -0.3 is 14.7 Å². The van der Waals surface area contributed by atoms with Gasteiger partial charge in [0.05, 0.1) is 18.1 Å². The molecule has 2 N–H and O–H groups in total. The zero-order valence-corrected chi connectivity index (χ0v) is 13.8. The molecule has 1 fully saturated rings. The van der Waals surface area contributed by atoms with Gasteiger partial charge in [0.15, 0.2) is 6.04 Å². The van der Waals surface area contributed by atoms with E-state index in [9.17, 15) is 18.0 Å². The zero-order chi connectivity index (χ0) is 17.7. The molecular formula is C15H18N2O6S. The number of hydrogen-bond acceptors (Lipinski definition) is 5. The number of nitrogens with zero attached hydrogens (tertiary/aromatic N) is 1. The number of morpholine rings is 1. The van der Waals surface area contributed by atoms with E-state index in [1.807, 2.05) is 0 Å². The highest BCUT2D eigenvalue weighted by atomic mass is 32.2. The fourth-order valence-corrected chi connectivity index (χ4v) is 2.94. The van der Waals surface area contributed by atoms with Crippen molar-refractivity contribution in [1.82, 2.24) is 9.62 Å². The van der Waals surface area contributed by atoms with Crippen LogP contribution in [-0.2, 0) is 24.3 Å². The number of carboxylic acids is 1. The molecule has 1 atom stereocenters. The number of nitrogens with one attached hydrogen (secondary N) is 1. The molecule has 1 heterocycles. The molecule has 1 amide bonds. The first-order valence-corrected chi connectivity index (χ1v) is 8.66. The normalized spacial score (nSPS) is 18.7. The van der Waals surface area contributed by atoms with E-state index < -0.39 is 27.9 Å². The Morgan fingerprint density at radius 3 is 2.58 bits per heavy atom. The molecule has 24 heavy (non-hydrogen) atoms. The predicted octanol–water partition coefficient (Wildman–Crippen LogP) is -0.0801. The van der Waals surface area contributed by atoms with Crippen molar-refractivity contribution >= 4 is 28.0 Å². The number of sulfonamides is 1. The van der Waals surface area contributed by atoms with Gasteiger partial charge in [0.1, 0.15) is 0 Å². The molecular weight excluding hydrogens is 336 g/mol. The number of rotatable bonds is 5. The molecule has 1 saturated heterocycles. The third-order valence-corrected chi connectivity index (χ3v) is 5.00. The van der Waals surface area contributed by atoms with Crippen molar-refractivity contribution in [1.29, 1.82) is 0 Å². The van der Waals surface area contributed by atoms with E-state index in [2.05, 4.69) is 4.72 Å². The second-order valence-corrected chi connectivity index (χ2v) is 6.96. The van der Waals surface area contributed by atoms with Crippen LogP contribution in [0.25, 0.3) is 6.08 Å². The van der Waals surface area contributed by atoms with Gasteiger partial charge in [-0.2, -0.15) is 0 Å². The van der Waals surface area contributed by atoms with E-state index >= 15 is 0 Å². The molecule has 1 aliphatic rings. The summed E-state index contributed by atoms with van der Waals surface area (Å²) in [7, 11) is -2.19. The van der Waals surface area contributed by atoms with Crippen molar-refractivity contribution in [2.45, 2.75) is 10.9 Å². The number of aliphatic carboxylic acids is 1. The third kappa shape index (κ3) is 4.19. The van der Waals surface area contributed by atoms with Crippen LogP contribution in [0, 0.1) is 0 Å². The average Bonchev–Trinajstić information content (AvgIpc) is 2.60. The van der Waals surface area contributed by atoms with E-state index in [-0.39, 0.29) is 18.0 Å². The van der Waals surface area contributed by atoms with Gasteiger partial charge in [-0.1, -0.05) is 12.1 Å². The highest BCUT2D eigenvalue weighted by Gasteiger charge is 2.31. The Morgan fingerprint density at radius 1 is 1.33 bits per heavy atom. The SMILES string of the molecule is CNS(=O)(=O)c1ccc(C=CC(=O)N2CCOCC2C(=O)O)cc1. The molecule has 0 bridgehead atoms. The number of hydrogen-bond donors (Lipinski definition) is 2. The maximum Gasteiger partial charge on any atom is 0.328 e. The molecule has 0 aliphatic carbocycles. The summed E-state index contributed by atoms with van der Waals surface area (Å²) in [5, 5.41) is 9.11. The summed E-state index contributed by atoms with van der Waals surface area (Å²) in [6.45, 7) is 0.463. The number of benzene rings is 1. The van der Waals surface area contributed by atoms with Crippen LogP contribution in [0.15, 0.2) is 35.2 Å². The number of carbonyl (C=O) groups excluding carboxylic acids is 1. The molecule has 0 radical (unpaired) electrons. The summed E-state index contributed by atoms with van der Waals surface area (Å²) in [5.74, 6) is -1.55. The van der Waals surface area contributed by atoms with E-state index in [0.29, 0.717) is 12.2 Å². The highest BCUT2D eigenvalue weighted by molar-refractivity contribution is 7.89. The Labute approximate surface area is 139 Å². The largest absolute Gasteiger partial charge is 0.480 e. The Kier molecular flexibility index (Phi) is 5.71. The molecule has 1 aliphatic heterocycles. The quantitative estimate of drug-likeness (QED) is 0.715. The minimum Gasteiger partial charge on any atom is -0.480 e. The zero-order valence-electron chi connectivity index (χ0n) is 13.0. The van der Waals surface area contributed by atoms with Crippen LogP contribution in [0.1, 0.15) is 5.56 Å². The predicted molar refractivity (Wildman–Crippen MR) is 85.7 cm³/mol. The van der Waals surface area contributed by atoms with Crippen molar-refractivity contribution < 1.29 is 27.9 Å². The first-order chi connectivity index (χ1) is 11.3. The first kappa shape index (κ1) is 18.1. The van der Waals surface area contributed by atoms with Gasteiger partial charge in [-0.05, 0) is 30.8 Å². The molecule has 8 nitrogen and oxygen atoms in total. The second kappa shape index (κ2) is 7.56. The highest BCUT2D eigenvalue weighted by Crippen LogP contribution is 2.13. The summed E-state index contributed by atoms with van der Waals surface area (Å²) < 4.78 is 30.5. The summed E-state index contributed by atoms with van der Waals surface area (Å²) in [5.41, 5.74) is 0.624. The molecule has 9 heteroatoms. The molecule has 0 spiro atoms. The topological polar surface area (TPSA) is 113 Å². The summed E-state index contributed by atoms with van der Waals surface area (Å²) in [6.07, 6.45) is 2.77. The maximum atomic E-state index is 12.2. The lowest BCUT2D eigenvalue weighted by molar-refractivity contribution is -0.156. The van der Waals surface area contributed by atoms with Gasteiger partial charge in [-0.3, -0.25) is 4.79 Å². The monoisotopic (exact) mass is 354 g/mol. The van der Waals surface area contributed by atoms with Crippen LogP contribution in [0.3, 0.4) is 0 Å². The van der Waals surface area contributed by atoms with Gasteiger partial charge in [0.2, 0.25) is 15.9 Å². The molecule has 130 valence electrons. The van der Waals surface area contributed by atoms with Gasteiger partial charge in [0, 0.05) is 12.6 Å². The summed E-state index contributed by atoms with van der Waals surface area (Å²) in [4.78, 5) is 24.7. The Morgan fingerprint density at radius 2 is 2.00 bits per heavy atom. The summed E-state index contributed by atoms with van der Waals surface area (Å²) in [6, 6.07) is 4.96. The number of carboxylic acid groups (broad SMARTS) is 1. The minimum absolute atomic E-state index is 0.0362. The van der Waals surface area contributed by atoms with Crippen LogP contribution in [-0.4, -0.2) is 63.1 Å². The van der Waals surface area contributed by atoms with Crippen LogP contribution in [0.2, 0.25) is 0 Å². The molecule has 1 unspecified atom stereocenters. The molecule has 0 saturated carbocycles. The van der Waals surface area contributed by atoms with Crippen molar-refractivity contribution in [3.63, 3.8) is 0 Å². The van der Waals surface area contributed by atoms with Crippen molar-refractivity contribution in [2.24, 2.45) is 0 Å². The molecule has 0 aromatic heterocycles. The molecule has 1 aromatic rings. The average molecular weight is 354 g/mol. The van der Waals surface area contributed by atoms with Crippen molar-refractivity contribution in [3.8, 4) is 0 Å². The van der Waals surface area contributed by atoms with E-state index in [1.165, 1.54) is 36.2 Å². The minimum atomic E-state index is -3.51. The number of ether oxygens (including phenoxy) is 1. The third-order valence-electron chi connectivity index (χ3n) is 3.57. The lowest BCUT2D eigenvalue weighted by Crippen LogP contribution is -2.52. The van der Waals surface area contributed by atoms with Gasteiger partial charge in [0.25, 0.3) is 0 Å². The maximum absolute atomic E-state index is 12.2. The van der Waals surface area contributed by atoms with Crippen LogP contribution in [0.4, 0.5) is 0 Å². The van der Waals surface area contributed by atoms with Gasteiger partial charge in [-0.25, -0.2) is 17.9 Å². The standard InChI is InChI=1S/C15H18N2O6S/c1-16-24(21,22)12-5-2-11(3-6-12)4-7-14(18)17-8-9-23-10-13(17)15(19)20/h2-7,13,16H,8-10H2,1H3,(H,19,20). The van der Waals surface area contributed by atoms with Crippen LogP contribution >= 0.6 is 0 Å². The van der Waals surface area contributed by atoms with E-state index in [4.69, 9.17) is 9.84 Å². The van der Waals surface area contributed by atoms with Crippen molar-refractivity contribution in [3.05, 3.63) is 35.9 Å².